The van der Waals surface area contributed by atoms with Crippen molar-refractivity contribution in [2.24, 2.45) is 0 Å². The van der Waals surface area contributed by atoms with Crippen LogP contribution in [0, 0.1) is 0 Å². The van der Waals surface area contributed by atoms with Crippen LogP contribution in [-0.2, 0) is 4.74 Å². The van der Waals surface area contributed by atoms with Gasteiger partial charge in [-0.3, -0.25) is 0 Å². The van der Waals surface area contributed by atoms with Crippen molar-refractivity contribution in [3.8, 4) is 0 Å². The van der Waals surface area contributed by atoms with E-state index in [1.165, 1.54) is 6.20 Å². The van der Waals surface area contributed by atoms with Gasteiger partial charge >= 0.3 is 5.97 Å². The van der Waals surface area contributed by atoms with E-state index in [2.05, 4.69) is 5.10 Å². The first kappa shape index (κ1) is 11.6. The lowest BCUT2D eigenvalue weighted by atomic mass is 10.3. The minimum Gasteiger partial charge on any atom is -0.459 e. The SMILES string of the molecule is CC(C)OC(=O)c1cnn(C(C)C)c1N. The molecule has 1 heterocycles. The normalized spacial score (nSPS) is 11.1. The number of rotatable bonds is 3. The predicted octanol–water partition coefficient (Wildman–Crippen LogP) is 1.61. The number of carbonyl (C=O) groups is 1. The van der Waals surface area contributed by atoms with Crippen molar-refractivity contribution in [1.82, 2.24) is 9.78 Å². The molecular weight excluding hydrogens is 194 g/mol. The van der Waals surface area contributed by atoms with Crippen LogP contribution in [-0.4, -0.2) is 21.9 Å². The molecule has 0 saturated heterocycles. The first-order valence-corrected chi connectivity index (χ1v) is 4.97. The third-order valence-electron chi connectivity index (χ3n) is 1.89. The lowest BCUT2D eigenvalue weighted by Gasteiger charge is -2.09. The Labute approximate surface area is 89.2 Å². The fourth-order valence-electron chi connectivity index (χ4n) is 1.22. The van der Waals surface area contributed by atoms with Crippen LogP contribution in [0.4, 0.5) is 5.82 Å². The van der Waals surface area contributed by atoms with Gasteiger partial charge in [0.15, 0.2) is 0 Å². The number of ether oxygens (including phenoxy) is 1. The van der Waals surface area contributed by atoms with Crippen molar-refractivity contribution >= 4 is 11.8 Å². The molecule has 1 rings (SSSR count). The quantitative estimate of drug-likeness (QED) is 0.771. The van der Waals surface area contributed by atoms with Gasteiger partial charge in [0.1, 0.15) is 11.4 Å². The predicted molar refractivity (Wildman–Crippen MR) is 57.6 cm³/mol. The van der Waals surface area contributed by atoms with Gasteiger partial charge in [-0.05, 0) is 27.7 Å². The first-order chi connectivity index (χ1) is 6.93. The first-order valence-electron chi connectivity index (χ1n) is 4.97. The van der Waals surface area contributed by atoms with Crippen molar-refractivity contribution < 1.29 is 9.53 Å². The zero-order valence-electron chi connectivity index (χ0n) is 9.52. The fourth-order valence-corrected chi connectivity index (χ4v) is 1.22. The van der Waals surface area contributed by atoms with Gasteiger partial charge in [0.2, 0.25) is 0 Å². The molecule has 0 fully saturated rings. The van der Waals surface area contributed by atoms with E-state index in [1.54, 1.807) is 18.5 Å². The molecule has 0 bridgehead atoms. The van der Waals surface area contributed by atoms with Gasteiger partial charge in [-0.2, -0.15) is 5.10 Å². The Morgan fingerprint density at radius 2 is 2.07 bits per heavy atom. The Kier molecular flexibility index (Phi) is 3.34. The van der Waals surface area contributed by atoms with Crippen LogP contribution in [0.5, 0.6) is 0 Å². The molecule has 0 radical (unpaired) electrons. The Balaban J connectivity index is 2.91. The molecule has 0 atom stereocenters. The number of nitrogens with two attached hydrogens (primary N) is 1. The van der Waals surface area contributed by atoms with Gasteiger partial charge in [0.05, 0.1) is 12.3 Å². The van der Waals surface area contributed by atoms with Crippen molar-refractivity contribution in [1.29, 1.82) is 0 Å². The largest absolute Gasteiger partial charge is 0.459 e. The van der Waals surface area contributed by atoms with E-state index in [-0.39, 0.29) is 12.1 Å². The van der Waals surface area contributed by atoms with E-state index in [1.807, 2.05) is 13.8 Å². The molecule has 2 N–H and O–H groups in total. The van der Waals surface area contributed by atoms with Gasteiger partial charge in [-0.1, -0.05) is 0 Å². The molecule has 0 saturated carbocycles. The number of carbonyl (C=O) groups excluding carboxylic acids is 1. The molecule has 1 aromatic heterocycles. The average molecular weight is 211 g/mol. The molecule has 0 spiro atoms. The smallest absolute Gasteiger partial charge is 0.343 e. The lowest BCUT2D eigenvalue weighted by Crippen LogP contribution is -2.14. The number of esters is 1. The maximum Gasteiger partial charge on any atom is 0.343 e. The van der Waals surface area contributed by atoms with Crippen LogP contribution < -0.4 is 5.73 Å². The van der Waals surface area contributed by atoms with Gasteiger partial charge in [0, 0.05) is 6.04 Å². The second kappa shape index (κ2) is 4.33. The van der Waals surface area contributed by atoms with Gasteiger partial charge in [-0.15, -0.1) is 0 Å². The lowest BCUT2D eigenvalue weighted by molar-refractivity contribution is 0.0379. The fraction of sp³-hybridized carbons (Fsp3) is 0.600. The molecule has 0 aromatic carbocycles. The van der Waals surface area contributed by atoms with Crippen molar-refractivity contribution in [2.75, 3.05) is 5.73 Å². The summed E-state index contributed by atoms with van der Waals surface area (Å²) in [6.07, 6.45) is 1.29. The highest BCUT2D eigenvalue weighted by Gasteiger charge is 2.18. The molecular formula is C10H17N3O2. The number of hydrogen-bond donors (Lipinski definition) is 1. The molecule has 0 aliphatic heterocycles. The molecule has 5 nitrogen and oxygen atoms in total. The second-order valence-corrected chi connectivity index (χ2v) is 3.94. The summed E-state index contributed by atoms with van der Waals surface area (Å²) in [6.45, 7) is 7.48. The summed E-state index contributed by atoms with van der Waals surface area (Å²) in [7, 11) is 0. The monoisotopic (exact) mass is 211 g/mol. The minimum absolute atomic E-state index is 0.130. The average Bonchev–Trinajstić information content (AvgIpc) is 2.45. The Hall–Kier alpha value is -1.52. The molecule has 0 aliphatic rings. The summed E-state index contributed by atoms with van der Waals surface area (Å²) in [4.78, 5) is 11.6. The van der Waals surface area contributed by atoms with Gasteiger partial charge < -0.3 is 10.5 Å². The molecule has 15 heavy (non-hydrogen) atoms. The van der Waals surface area contributed by atoms with Crippen LogP contribution in [0.3, 0.4) is 0 Å². The molecule has 5 heteroatoms. The Bertz CT molecular complexity index is 356. The van der Waals surface area contributed by atoms with E-state index in [9.17, 15) is 4.79 Å². The van der Waals surface area contributed by atoms with Crippen LogP contribution in [0.25, 0.3) is 0 Å². The molecule has 84 valence electrons. The number of aromatic nitrogens is 2. The molecule has 1 aromatic rings. The summed E-state index contributed by atoms with van der Waals surface area (Å²) >= 11 is 0. The van der Waals surface area contributed by atoms with E-state index in [0.29, 0.717) is 11.4 Å². The Morgan fingerprint density at radius 3 is 2.47 bits per heavy atom. The second-order valence-electron chi connectivity index (χ2n) is 3.94. The zero-order chi connectivity index (χ0) is 11.6. The standard InChI is InChI=1S/C10H17N3O2/c1-6(2)13-9(11)8(5-12-13)10(14)15-7(3)4/h5-7H,11H2,1-4H3. The third kappa shape index (κ3) is 2.49. The summed E-state index contributed by atoms with van der Waals surface area (Å²) in [5, 5.41) is 4.03. The molecule has 0 aliphatic carbocycles. The summed E-state index contributed by atoms with van der Waals surface area (Å²) < 4.78 is 6.63. The summed E-state index contributed by atoms with van der Waals surface area (Å²) in [5.74, 6) is -0.0648. The number of hydrogen-bond acceptors (Lipinski definition) is 4. The van der Waals surface area contributed by atoms with Crippen molar-refractivity contribution in [3.63, 3.8) is 0 Å². The van der Waals surface area contributed by atoms with E-state index in [0.717, 1.165) is 0 Å². The number of anilines is 1. The van der Waals surface area contributed by atoms with Crippen LogP contribution in [0.15, 0.2) is 6.20 Å². The maximum atomic E-state index is 11.6. The van der Waals surface area contributed by atoms with Gasteiger partial charge in [-0.25, -0.2) is 9.48 Å². The zero-order valence-corrected chi connectivity index (χ0v) is 9.52. The number of nitrogen functional groups attached to an aromatic ring is 1. The minimum atomic E-state index is -0.422. The highest BCUT2D eigenvalue weighted by molar-refractivity contribution is 5.94. The highest BCUT2D eigenvalue weighted by Crippen LogP contribution is 2.17. The van der Waals surface area contributed by atoms with Crippen LogP contribution >= 0.6 is 0 Å². The maximum absolute atomic E-state index is 11.6. The summed E-state index contributed by atoms with van der Waals surface area (Å²) in [5.41, 5.74) is 6.11. The highest BCUT2D eigenvalue weighted by atomic mass is 16.5. The van der Waals surface area contributed by atoms with E-state index < -0.39 is 5.97 Å². The van der Waals surface area contributed by atoms with Crippen LogP contribution in [0.2, 0.25) is 0 Å². The Morgan fingerprint density at radius 1 is 1.47 bits per heavy atom. The van der Waals surface area contributed by atoms with Gasteiger partial charge in [0.25, 0.3) is 0 Å². The van der Waals surface area contributed by atoms with Crippen molar-refractivity contribution in [3.05, 3.63) is 11.8 Å². The number of nitrogens with zero attached hydrogens (tertiary/aromatic N) is 2. The summed E-state index contributed by atoms with van der Waals surface area (Å²) in [6, 6.07) is 0.130. The topological polar surface area (TPSA) is 70.1 Å². The van der Waals surface area contributed by atoms with Crippen molar-refractivity contribution in [2.45, 2.75) is 39.8 Å². The van der Waals surface area contributed by atoms with E-state index in [4.69, 9.17) is 10.5 Å². The van der Waals surface area contributed by atoms with Crippen LogP contribution in [0.1, 0.15) is 44.1 Å². The van der Waals surface area contributed by atoms with E-state index >= 15 is 0 Å². The molecule has 0 unspecified atom stereocenters. The molecule has 0 amide bonds. The third-order valence-corrected chi connectivity index (χ3v) is 1.89.